The highest BCUT2D eigenvalue weighted by Crippen LogP contribution is 2.49. The van der Waals surface area contributed by atoms with Crippen LogP contribution in [0.25, 0.3) is 0 Å². The number of carbonyl (C=O) groups excluding carboxylic acids is 1. The van der Waals surface area contributed by atoms with E-state index in [2.05, 4.69) is 6.92 Å². The third-order valence-corrected chi connectivity index (χ3v) is 6.39. The first-order valence-electron chi connectivity index (χ1n) is 9.30. The van der Waals surface area contributed by atoms with Gasteiger partial charge in [-0.15, -0.1) is 0 Å². The number of amides is 1. The van der Waals surface area contributed by atoms with Crippen molar-refractivity contribution < 1.29 is 18.7 Å². The molecule has 136 valence electrons. The Morgan fingerprint density at radius 2 is 2.04 bits per heavy atom. The molecule has 0 aliphatic carbocycles. The van der Waals surface area contributed by atoms with E-state index in [0.717, 1.165) is 32.1 Å². The fraction of sp³-hybridized carbons (Fsp3) is 0.650. The molecule has 0 unspecified atom stereocenters. The molecule has 3 heterocycles. The van der Waals surface area contributed by atoms with Crippen molar-refractivity contribution in [2.75, 3.05) is 20.2 Å². The van der Waals surface area contributed by atoms with Crippen LogP contribution in [-0.4, -0.2) is 43.2 Å². The fourth-order valence-corrected chi connectivity index (χ4v) is 4.91. The van der Waals surface area contributed by atoms with Gasteiger partial charge < -0.3 is 14.4 Å². The van der Waals surface area contributed by atoms with Gasteiger partial charge in [-0.1, -0.05) is 12.1 Å². The lowest BCUT2D eigenvalue weighted by atomic mass is 9.74. The van der Waals surface area contributed by atoms with Gasteiger partial charge in [0.1, 0.15) is 0 Å². The monoisotopic (exact) mass is 347 g/mol. The van der Waals surface area contributed by atoms with Gasteiger partial charge in [-0.05, 0) is 56.6 Å². The molecule has 4 rings (SSSR count). The molecular formula is C20H26FNO3. The summed E-state index contributed by atoms with van der Waals surface area (Å²) < 4.78 is 25.5. The van der Waals surface area contributed by atoms with E-state index in [-0.39, 0.29) is 35.3 Å². The number of nitrogens with zero attached hydrogens (tertiary/aromatic N) is 1. The van der Waals surface area contributed by atoms with E-state index in [1.807, 2.05) is 17.0 Å². The number of rotatable bonds is 3. The van der Waals surface area contributed by atoms with E-state index in [1.165, 1.54) is 7.11 Å². The predicted molar refractivity (Wildman–Crippen MR) is 92.1 cm³/mol. The van der Waals surface area contributed by atoms with Crippen LogP contribution in [0.4, 0.5) is 4.39 Å². The molecule has 3 atom stereocenters. The lowest BCUT2D eigenvalue weighted by Crippen LogP contribution is -2.49. The zero-order valence-corrected chi connectivity index (χ0v) is 15.0. The first-order chi connectivity index (χ1) is 12.0. The number of fused-ring (bicyclic) bond motifs is 2. The molecule has 3 aliphatic rings. The third kappa shape index (κ3) is 2.73. The number of carbonyl (C=O) groups is 1. The standard InChI is InChI=1S/C20H26FNO3/c1-20(12-14-6-7-17(20)25-14)19(23)22-10-8-13(9-11-22)15-4-3-5-16(24-2)18(15)21/h3-5,13-14,17H,6-12H2,1-2H3/t14-,17-,20-/m1/s1. The summed E-state index contributed by atoms with van der Waals surface area (Å²) in [6.07, 6.45) is 4.87. The van der Waals surface area contributed by atoms with Gasteiger partial charge in [-0.25, -0.2) is 4.39 Å². The average molecular weight is 347 g/mol. The molecule has 0 radical (unpaired) electrons. The Labute approximate surface area is 148 Å². The Morgan fingerprint density at radius 1 is 1.28 bits per heavy atom. The molecule has 1 amide bonds. The number of methoxy groups -OCH3 is 1. The van der Waals surface area contributed by atoms with Crippen LogP contribution in [0.15, 0.2) is 18.2 Å². The van der Waals surface area contributed by atoms with E-state index in [1.54, 1.807) is 6.07 Å². The van der Waals surface area contributed by atoms with Gasteiger partial charge in [-0.3, -0.25) is 4.79 Å². The van der Waals surface area contributed by atoms with Crippen molar-refractivity contribution in [3.63, 3.8) is 0 Å². The van der Waals surface area contributed by atoms with E-state index in [4.69, 9.17) is 9.47 Å². The Balaban J connectivity index is 1.43. The van der Waals surface area contributed by atoms with Crippen molar-refractivity contribution in [3.05, 3.63) is 29.6 Å². The minimum atomic E-state index is -0.364. The topological polar surface area (TPSA) is 38.8 Å². The van der Waals surface area contributed by atoms with Gasteiger partial charge >= 0.3 is 0 Å². The second-order valence-electron chi connectivity index (χ2n) is 7.88. The average Bonchev–Trinajstić information content (AvgIpc) is 3.22. The third-order valence-electron chi connectivity index (χ3n) is 6.39. The second kappa shape index (κ2) is 6.27. The zero-order valence-electron chi connectivity index (χ0n) is 15.0. The van der Waals surface area contributed by atoms with Gasteiger partial charge in [0.05, 0.1) is 24.7 Å². The molecule has 0 saturated carbocycles. The first kappa shape index (κ1) is 16.8. The fourth-order valence-electron chi connectivity index (χ4n) is 4.91. The predicted octanol–water partition coefficient (Wildman–Crippen LogP) is 3.50. The minimum Gasteiger partial charge on any atom is -0.494 e. The SMILES string of the molecule is COc1cccc(C2CCN(C(=O)[C@]3(C)C[C@H]4CC[C@H]3O4)CC2)c1F. The van der Waals surface area contributed by atoms with Gasteiger partial charge in [0.2, 0.25) is 5.91 Å². The Bertz CT molecular complexity index is 671. The summed E-state index contributed by atoms with van der Waals surface area (Å²) in [6, 6.07) is 5.32. The Morgan fingerprint density at radius 3 is 2.64 bits per heavy atom. The van der Waals surface area contributed by atoms with Crippen molar-refractivity contribution in [3.8, 4) is 5.75 Å². The normalized spacial score (nSPS) is 32.2. The quantitative estimate of drug-likeness (QED) is 0.840. The van der Waals surface area contributed by atoms with Crippen LogP contribution < -0.4 is 4.74 Å². The largest absolute Gasteiger partial charge is 0.494 e. The van der Waals surface area contributed by atoms with Crippen LogP contribution >= 0.6 is 0 Å². The highest BCUT2D eigenvalue weighted by molar-refractivity contribution is 5.83. The van der Waals surface area contributed by atoms with Gasteiger partial charge in [0.25, 0.3) is 0 Å². The summed E-state index contributed by atoms with van der Waals surface area (Å²) in [5, 5.41) is 0. The lowest BCUT2D eigenvalue weighted by molar-refractivity contribution is -0.145. The molecular weight excluding hydrogens is 321 g/mol. The van der Waals surface area contributed by atoms with E-state index in [9.17, 15) is 9.18 Å². The van der Waals surface area contributed by atoms with Crippen molar-refractivity contribution >= 4 is 5.91 Å². The van der Waals surface area contributed by atoms with Crippen molar-refractivity contribution in [1.29, 1.82) is 0 Å². The number of likely N-dealkylation sites (tertiary alicyclic amines) is 1. The van der Waals surface area contributed by atoms with E-state index >= 15 is 0 Å². The maximum atomic E-state index is 14.5. The summed E-state index contributed by atoms with van der Waals surface area (Å²) in [7, 11) is 1.49. The second-order valence-corrected chi connectivity index (χ2v) is 7.88. The zero-order chi connectivity index (χ0) is 17.6. The molecule has 0 spiro atoms. The van der Waals surface area contributed by atoms with Gasteiger partial charge in [0, 0.05) is 13.1 Å². The molecule has 0 aromatic heterocycles. The summed E-state index contributed by atoms with van der Waals surface area (Å²) in [4.78, 5) is 15.0. The molecule has 2 bridgehead atoms. The number of piperidine rings is 1. The van der Waals surface area contributed by atoms with Crippen LogP contribution in [0.5, 0.6) is 5.75 Å². The molecule has 1 aromatic carbocycles. The van der Waals surface area contributed by atoms with Crippen molar-refractivity contribution in [2.24, 2.45) is 5.41 Å². The summed E-state index contributed by atoms with van der Waals surface area (Å²) >= 11 is 0. The molecule has 0 N–H and O–H groups in total. The van der Waals surface area contributed by atoms with E-state index in [0.29, 0.717) is 24.4 Å². The van der Waals surface area contributed by atoms with Crippen LogP contribution in [0.3, 0.4) is 0 Å². The Hall–Kier alpha value is -1.62. The van der Waals surface area contributed by atoms with Crippen LogP contribution in [0.1, 0.15) is 50.5 Å². The number of ether oxygens (including phenoxy) is 2. The number of hydrogen-bond donors (Lipinski definition) is 0. The first-order valence-corrected chi connectivity index (χ1v) is 9.30. The van der Waals surface area contributed by atoms with Crippen LogP contribution in [-0.2, 0) is 9.53 Å². The summed E-state index contributed by atoms with van der Waals surface area (Å²) in [5.41, 5.74) is 0.345. The summed E-state index contributed by atoms with van der Waals surface area (Å²) in [6.45, 7) is 3.44. The minimum absolute atomic E-state index is 0.0820. The lowest BCUT2D eigenvalue weighted by Gasteiger charge is -2.39. The van der Waals surface area contributed by atoms with E-state index < -0.39 is 0 Å². The van der Waals surface area contributed by atoms with Gasteiger partial charge in [0.15, 0.2) is 11.6 Å². The molecule has 3 aliphatic heterocycles. The number of hydrogen-bond acceptors (Lipinski definition) is 3. The summed E-state index contributed by atoms with van der Waals surface area (Å²) in [5.74, 6) is 0.401. The van der Waals surface area contributed by atoms with Gasteiger partial charge in [-0.2, -0.15) is 0 Å². The smallest absolute Gasteiger partial charge is 0.231 e. The molecule has 3 fully saturated rings. The number of halogens is 1. The molecule has 5 heteroatoms. The van der Waals surface area contributed by atoms with Crippen LogP contribution in [0, 0.1) is 11.2 Å². The molecule has 4 nitrogen and oxygen atoms in total. The highest BCUT2D eigenvalue weighted by Gasteiger charge is 2.55. The number of benzene rings is 1. The van der Waals surface area contributed by atoms with Crippen molar-refractivity contribution in [1.82, 2.24) is 4.90 Å². The molecule has 3 saturated heterocycles. The Kier molecular flexibility index (Phi) is 4.22. The van der Waals surface area contributed by atoms with Crippen LogP contribution in [0.2, 0.25) is 0 Å². The molecule has 1 aromatic rings. The highest BCUT2D eigenvalue weighted by atomic mass is 19.1. The maximum absolute atomic E-state index is 14.5. The maximum Gasteiger partial charge on any atom is 0.231 e. The van der Waals surface area contributed by atoms with Crippen molar-refractivity contribution in [2.45, 2.75) is 57.2 Å². The molecule has 25 heavy (non-hydrogen) atoms.